The molecule has 0 spiro atoms. The third kappa shape index (κ3) is 6.79. The maximum absolute atomic E-state index is 12.1. The van der Waals surface area contributed by atoms with Gasteiger partial charge in [-0.1, -0.05) is 31.7 Å². The molecule has 0 aliphatic heterocycles. The number of rotatable bonds is 6. The molecule has 0 unspecified atom stereocenters. The summed E-state index contributed by atoms with van der Waals surface area (Å²) in [5.41, 5.74) is 0.377. The van der Waals surface area contributed by atoms with E-state index in [1.807, 2.05) is 0 Å². The molecule has 5 nitrogen and oxygen atoms in total. The van der Waals surface area contributed by atoms with E-state index in [1.54, 1.807) is 12.1 Å². The Morgan fingerprint density at radius 1 is 1.12 bits per heavy atom. The molecule has 1 aliphatic rings. The van der Waals surface area contributed by atoms with E-state index in [0.29, 0.717) is 18.2 Å². The Bertz CT molecular complexity index is 626. The van der Waals surface area contributed by atoms with Crippen molar-refractivity contribution >= 4 is 28.2 Å². The molecule has 7 heteroatoms. The van der Waals surface area contributed by atoms with Gasteiger partial charge >= 0.3 is 0 Å². The Kier molecular flexibility index (Phi) is 8.73. The van der Waals surface area contributed by atoms with Crippen LogP contribution in [-0.2, 0) is 9.84 Å². The zero-order valence-corrected chi connectivity index (χ0v) is 15.7. The number of nitrogens with one attached hydrogen (secondary N) is 2. The van der Waals surface area contributed by atoms with E-state index < -0.39 is 9.84 Å². The van der Waals surface area contributed by atoms with E-state index in [9.17, 15) is 13.2 Å². The summed E-state index contributed by atoms with van der Waals surface area (Å²) in [6.45, 7) is 1.28. The second-order valence-corrected chi connectivity index (χ2v) is 8.21. The number of sulfone groups is 1. The van der Waals surface area contributed by atoms with Crippen LogP contribution in [0.3, 0.4) is 0 Å². The molecule has 0 heterocycles. The Balaban J connectivity index is 0.00000288. The van der Waals surface area contributed by atoms with Crippen molar-refractivity contribution in [3.8, 4) is 0 Å². The molecule has 0 bridgehead atoms. The first-order chi connectivity index (χ1) is 11.0. The van der Waals surface area contributed by atoms with E-state index >= 15 is 0 Å². The molecule has 1 aromatic carbocycles. The molecule has 2 rings (SSSR count). The van der Waals surface area contributed by atoms with Crippen LogP contribution in [0.4, 0.5) is 0 Å². The van der Waals surface area contributed by atoms with Gasteiger partial charge in [0.1, 0.15) is 0 Å². The van der Waals surface area contributed by atoms with E-state index in [2.05, 4.69) is 10.6 Å². The number of hydrogen-bond acceptors (Lipinski definition) is 4. The quantitative estimate of drug-likeness (QED) is 0.592. The van der Waals surface area contributed by atoms with E-state index in [4.69, 9.17) is 0 Å². The molecule has 1 fully saturated rings. The molecule has 136 valence electrons. The summed E-state index contributed by atoms with van der Waals surface area (Å²) in [5.74, 6) is -0.238. The molecule has 0 aromatic heterocycles. The molecular weight excluding hydrogens is 348 g/mol. The standard InChI is InChI=1S/C17H26N2O3S.ClH/c1-23(21,22)16-10-6-7-14(13-16)17(20)19-12-11-18-15-8-4-2-3-5-9-15;/h6-7,10,13,15,18H,2-5,8-9,11-12H2,1H3,(H,19,20);1H. The molecule has 0 atom stereocenters. The van der Waals surface area contributed by atoms with Gasteiger partial charge in [-0.15, -0.1) is 12.4 Å². The third-order valence-corrected chi connectivity index (χ3v) is 5.33. The van der Waals surface area contributed by atoms with Gasteiger partial charge < -0.3 is 10.6 Å². The van der Waals surface area contributed by atoms with Gasteiger partial charge in [0.2, 0.25) is 0 Å². The van der Waals surface area contributed by atoms with Crippen LogP contribution in [0.2, 0.25) is 0 Å². The lowest BCUT2D eigenvalue weighted by Gasteiger charge is -2.16. The van der Waals surface area contributed by atoms with Crippen molar-refractivity contribution in [3.05, 3.63) is 29.8 Å². The minimum Gasteiger partial charge on any atom is -0.351 e. The predicted octanol–water partition coefficient (Wildman–Crippen LogP) is 2.55. The van der Waals surface area contributed by atoms with Crippen molar-refractivity contribution in [3.63, 3.8) is 0 Å². The van der Waals surface area contributed by atoms with Gasteiger partial charge in [-0.2, -0.15) is 0 Å². The maximum Gasteiger partial charge on any atom is 0.251 e. The first-order valence-electron chi connectivity index (χ1n) is 8.28. The number of hydrogen-bond donors (Lipinski definition) is 2. The summed E-state index contributed by atoms with van der Waals surface area (Å²) in [5, 5.41) is 6.33. The Hall–Kier alpha value is -1.11. The van der Waals surface area contributed by atoms with Gasteiger partial charge in [-0.3, -0.25) is 4.79 Å². The summed E-state index contributed by atoms with van der Waals surface area (Å²) in [7, 11) is -3.29. The minimum absolute atomic E-state index is 0. The fraction of sp³-hybridized carbons (Fsp3) is 0.588. The minimum atomic E-state index is -3.29. The molecule has 0 radical (unpaired) electrons. The highest BCUT2D eigenvalue weighted by Gasteiger charge is 2.13. The third-order valence-electron chi connectivity index (χ3n) is 4.22. The van der Waals surface area contributed by atoms with E-state index in [1.165, 1.54) is 50.7 Å². The van der Waals surface area contributed by atoms with Crippen LogP contribution < -0.4 is 10.6 Å². The van der Waals surface area contributed by atoms with Crippen molar-refractivity contribution in [1.29, 1.82) is 0 Å². The normalized spacial score (nSPS) is 16.0. The lowest BCUT2D eigenvalue weighted by molar-refractivity contribution is 0.0953. The van der Waals surface area contributed by atoms with Crippen LogP contribution in [0.15, 0.2) is 29.2 Å². The average Bonchev–Trinajstić information content (AvgIpc) is 2.79. The van der Waals surface area contributed by atoms with Crippen molar-refractivity contribution in [2.45, 2.75) is 49.5 Å². The zero-order valence-electron chi connectivity index (χ0n) is 14.1. The Labute approximate surface area is 150 Å². The summed E-state index contributed by atoms with van der Waals surface area (Å²) >= 11 is 0. The van der Waals surface area contributed by atoms with Gasteiger partial charge in [0.05, 0.1) is 4.90 Å². The van der Waals surface area contributed by atoms with Crippen LogP contribution in [0.5, 0.6) is 0 Å². The van der Waals surface area contributed by atoms with Gasteiger partial charge in [-0.05, 0) is 31.0 Å². The van der Waals surface area contributed by atoms with Crippen LogP contribution in [0.1, 0.15) is 48.9 Å². The molecular formula is C17H27ClN2O3S. The monoisotopic (exact) mass is 374 g/mol. The highest BCUT2D eigenvalue weighted by molar-refractivity contribution is 7.90. The highest BCUT2D eigenvalue weighted by atomic mass is 35.5. The van der Waals surface area contributed by atoms with Crippen molar-refractivity contribution in [1.82, 2.24) is 10.6 Å². The molecule has 24 heavy (non-hydrogen) atoms. The molecule has 1 saturated carbocycles. The van der Waals surface area contributed by atoms with Crippen molar-refractivity contribution in [2.75, 3.05) is 19.3 Å². The second-order valence-electron chi connectivity index (χ2n) is 6.20. The first-order valence-corrected chi connectivity index (χ1v) is 10.2. The van der Waals surface area contributed by atoms with Gasteiger partial charge in [0.25, 0.3) is 5.91 Å². The first kappa shape index (κ1) is 20.9. The SMILES string of the molecule is CS(=O)(=O)c1cccc(C(=O)NCCNC2CCCCCC2)c1.Cl. The number of amides is 1. The second kappa shape index (κ2) is 10.0. The molecule has 1 aliphatic carbocycles. The molecule has 2 N–H and O–H groups in total. The highest BCUT2D eigenvalue weighted by Crippen LogP contribution is 2.16. The summed E-state index contributed by atoms with van der Waals surface area (Å²) in [4.78, 5) is 12.3. The molecule has 0 saturated heterocycles. The zero-order chi connectivity index (χ0) is 16.7. The Morgan fingerprint density at radius 3 is 2.42 bits per heavy atom. The lowest BCUT2D eigenvalue weighted by Crippen LogP contribution is -2.36. The van der Waals surface area contributed by atoms with Crippen LogP contribution in [0.25, 0.3) is 0 Å². The number of halogens is 1. The Morgan fingerprint density at radius 2 is 1.79 bits per heavy atom. The van der Waals surface area contributed by atoms with Gasteiger partial charge in [-0.25, -0.2) is 8.42 Å². The summed E-state index contributed by atoms with van der Waals surface area (Å²) in [6, 6.07) is 6.70. The fourth-order valence-corrected chi connectivity index (χ4v) is 3.57. The lowest BCUT2D eigenvalue weighted by atomic mass is 10.1. The van der Waals surface area contributed by atoms with Gasteiger partial charge in [0, 0.05) is 31.0 Å². The van der Waals surface area contributed by atoms with Crippen LogP contribution >= 0.6 is 12.4 Å². The van der Waals surface area contributed by atoms with Crippen molar-refractivity contribution < 1.29 is 13.2 Å². The van der Waals surface area contributed by atoms with E-state index in [-0.39, 0.29) is 23.2 Å². The summed E-state index contributed by atoms with van der Waals surface area (Å²) in [6.07, 6.45) is 8.77. The maximum atomic E-state index is 12.1. The van der Waals surface area contributed by atoms with E-state index in [0.717, 1.165) is 12.8 Å². The topological polar surface area (TPSA) is 75.3 Å². The van der Waals surface area contributed by atoms with Crippen LogP contribution in [0, 0.1) is 0 Å². The number of benzene rings is 1. The largest absolute Gasteiger partial charge is 0.351 e. The van der Waals surface area contributed by atoms with Crippen molar-refractivity contribution in [2.24, 2.45) is 0 Å². The number of carbonyl (C=O) groups is 1. The fourth-order valence-electron chi connectivity index (χ4n) is 2.91. The summed E-state index contributed by atoms with van der Waals surface area (Å²) < 4.78 is 23.1. The smallest absolute Gasteiger partial charge is 0.251 e. The molecule has 1 amide bonds. The predicted molar refractivity (Wildman–Crippen MR) is 98.6 cm³/mol. The molecule has 1 aromatic rings. The number of carbonyl (C=O) groups excluding carboxylic acids is 1. The van der Waals surface area contributed by atoms with Gasteiger partial charge in [0.15, 0.2) is 9.84 Å². The van der Waals surface area contributed by atoms with Crippen LogP contribution in [-0.4, -0.2) is 39.7 Å². The average molecular weight is 375 g/mol.